The summed E-state index contributed by atoms with van der Waals surface area (Å²) in [6.45, 7) is 8.72. The third kappa shape index (κ3) is 4.33. The number of rotatable bonds is 7. The van der Waals surface area contributed by atoms with Crippen molar-refractivity contribution in [2.24, 2.45) is 0 Å². The number of sulfone groups is 1. The standard InChI is InChI=1S/C22H25F3N4O4S/c1-5-27(6-2)18-13-15(11-12-26-18)14-28-20(31)29(19(30)21(28,3)4)16-7-9-17(10-8-16)34(32,33)22(23,24)25/h7-13H,5-6,14H2,1-4H3. The summed E-state index contributed by atoms with van der Waals surface area (Å²) in [5.74, 6) is 0.151. The molecule has 0 atom stereocenters. The van der Waals surface area contributed by atoms with E-state index in [1.54, 1.807) is 26.1 Å². The number of imide groups is 1. The molecule has 0 aliphatic carbocycles. The molecule has 1 saturated heterocycles. The van der Waals surface area contributed by atoms with Crippen molar-refractivity contribution in [3.8, 4) is 0 Å². The Kier molecular flexibility index (Phi) is 6.66. The number of urea groups is 1. The number of halogens is 3. The zero-order valence-corrected chi connectivity index (χ0v) is 19.9. The Bertz CT molecular complexity index is 1190. The third-order valence-corrected chi connectivity index (χ3v) is 7.27. The van der Waals surface area contributed by atoms with Crippen LogP contribution in [0.15, 0.2) is 47.5 Å². The average Bonchev–Trinajstić information content (AvgIpc) is 2.94. The molecule has 1 aromatic carbocycles. The number of amides is 3. The van der Waals surface area contributed by atoms with Crippen molar-refractivity contribution >= 4 is 33.3 Å². The van der Waals surface area contributed by atoms with Crippen LogP contribution in [0, 0.1) is 0 Å². The van der Waals surface area contributed by atoms with Gasteiger partial charge in [-0.25, -0.2) is 23.1 Å². The molecule has 184 valence electrons. The summed E-state index contributed by atoms with van der Waals surface area (Å²) in [5.41, 5.74) is -5.97. The minimum absolute atomic E-state index is 0.0229. The maximum Gasteiger partial charge on any atom is 0.501 e. The second-order valence-electron chi connectivity index (χ2n) is 8.21. The highest BCUT2D eigenvalue weighted by Crippen LogP contribution is 2.35. The second kappa shape index (κ2) is 8.90. The number of carbonyl (C=O) groups is 2. The summed E-state index contributed by atoms with van der Waals surface area (Å²) in [7, 11) is -5.54. The Morgan fingerprint density at radius 3 is 2.15 bits per heavy atom. The van der Waals surface area contributed by atoms with E-state index in [-0.39, 0.29) is 12.2 Å². The first-order valence-electron chi connectivity index (χ1n) is 10.5. The summed E-state index contributed by atoms with van der Waals surface area (Å²) in [4.78, 5) is 33.9. The van der Waals surface area contributed by atoms with Gasteiger partial charge < -0.3 is 9.80 Å². The summed E-state index contributed by atoms with van der Waals surface area (Å²) >= 11 is 0. The third-order valence-electron chi connectivity index (χ3n) is 5.77. The fourth-order valence-electron chi connectivity index (χ4n) is 3.70. The van der Waals surface area contributed by atoms with Gasteiger partial charge >= 0.3 is 11.5 Å². The predicted octanol–water partition coefficient (Wildman–Crippen LogP) is 3.97. The molecule has 1 aromatic heterocycles. The number of aromatic nitrogens is 1. The van der Waals surface area contributed by atoms with E-state index in [9.17, 15) is 31.2 Å². The highest BCUT2D eigenvalue weighted by atomic mass is 32.2. The number of hydrogen-bond donors (Lipinski definition) is 0. The van der Waals surface area contributed by atoms with Gasteiger partial charge in [0.1, 0.15) is 11.4 Å². The van der Waals surface area contributed by atoms with Crippen molar-refractivity contribution in [2.75, 3.05) is 22.9 Å². The number of anilines is 2. The van der Waals surface area contributed by atoms with Crippen LogP contribution >= 0.6 is 0 Å². The lowest BCUT2D eigenvalue weighted by molar-refractivity contribution is -0.123. The summed E-state index contributed by atoms with van der Waals surface area (Å²) in [6.07, 6.45) is 1.62. The number of benzene rings is 1. The molecule has 34 heavy (non-hydrogen) atoms. The van der Waals surface area contributed by atoms with Gasteiger partial charge in [0, 0.05) is 25.8 Å². The van der Waals surface area contributed by atoms with Crippen LogP contribution < -0.4 is 9.80 Å². The van der Waals surface area contributed by atoms with Crippen LogP contribution in [0.3, 0.4) is 0 Å². The normalized spacial score (nSPS) is 16.3. The first-order valence-corrected chi connectivity index (χ1v) is 12.0. The van der Waals surface area contributed by atoms with Gasteiger partial charge in [-0.15, -0.1) is 0 Å². The molecule has 1 aliphatic heterocycles. The van der Waals surface area contributed by atoms with E-state index in [2.05, 4.69) is 4.98 Å². The first kappa shape index (κ1) is 25.5. The van der Waals surface area contributed by atoms with Gasteiger partial charge in [0.25, 0.3) is 15.7 Å². The quantitative estimate of drug-likeness (QED) is 0.537. The van der Waals surface area contributed by atoms with E-state index in [1.807, 2.05) is 24.8 Å². The van der Waals surface area contributed by atoms with Gasteiger partial charge in [-0.05, 0) is 69.7 Å². The van der Waals surface area contributed by atoms with E-state index in [4.69, 9.17) is 0 Å². The van der Waals surface area contributed by atoms with Gasteiger partial charge in [0.15, 0.2) is 0 Å². The average molecular weight is 499 g/mol. The lowest BCUT2D eigenvalue weighted by atomic mass is 10.0. The van der Waals surface area contributed by atoms with Crippen molar-refractivity contribution in [3.05, 3.63) is 48.2 Å². The molecular weight excluding hydrogens is 473 g/mol. The van der Waals surface area contributed by atoms with Gasteiger partial charge in [-0.1, -0.05) is 0 Å². The lowest BCUT2D eigenvalue weighted by Gasteiger charge is -2.28. The van der Waals surface area contributed by atoms with Gasteiger partial charge in [-0.3, -0.25) is 4.79 Å². The topological polar surface area (TPSA) is 90.9 Å². The Morgan fingerprint density at radius 1 is 1.03 bits per heavy atom. The van der Waals surface area contributed by atoms with Crippen molar-refractivity contribution in [1.29, 1.82) is 0 Å². The number of carbonyl (C=O) groups excluding carboxylic acids is 2. The van der Waals surface area contributed by atoms with Crippen molar-refractivity contribution in [3.63, 3.8) is 0 Å². The highest BCUT2D eigenvalue weighted by molar-refractivity contribution is 7.92. The molecule has 2 aromatic rings. The van der Waals surface area contributed by atoms with Crippen LogP contribution in [-0.4, -0.2) is 54.4 Å². The first-order chi connectivity index (χ1) is 15.8. The van der Waals surface area contributed by atoms with E-state index in [1.165, 1.54) is 4.90 Å². The minimum atomic E-state index is -5.54. The monoisotopic (exact) mass is 498 g/mol. The number of alkyl halides is 3. The molecule has 1 fully saturated rings. The Morgan fingerprint density at radius 2 is 1.62 bits per heavy atom. The second-order valence-corrected chi connectivity index (χ2v) is 10.1. The summed E-state index contributed by atoms with van der Waals surface area (Å²) < 4.78 is 61.6. The smallest absolute Gasteiger partial charge is 0.357 e. The molecule has 0 N–H and O–H groups in total. The summed E-state index contributed by atoms with van der Waals surface area (Å²) in [6, 6.07) is 6.39. The maximum absolute atomic E-state index is 13.2. The Labute approximate surface area is 195 Å². The highest BCUT2D eigenvalue weighted by Gasteiger charge is 2.52. The molecule has 0 saturated carbocycles. The minimum Gasteiger partial charge on any atom is -0.357 e. The van der Waals surface area contributed by atoms with E-state index < -0.39 is 37.7 Å². The number of pyridine rings is 1. The number of hydrogen-bond acceptors (Lipinski definition) is 6. The molecule has 0 spiro atoms. The van der Waals surface area contributed by atoms with E-state index >= 15 is 0 Å². The Balaban J connectivity index is 1.91. The fourth-order valence-corrected chi connectivity index (χ4v) is 4.46. The van der Waals surface area contributed by atoms with Crippen molar-refractivity contribution in [2.45, 2.75) is 50.2 Å². The van der Waals surface area contributed by atoms with Crippen molar-refractivity contribution in [1.82, 2.24) is 9.88 Å². The molecule has 0 bridgehead atoms. The summed E-state index contributed by atoms with van der Waals surface area (Å²) in [5, 5.41) is 0. The lowest BCUT2D eigenvalue weighted by Crippen LogP contribution is -2.43. The molecule has 3 rings (SSSR count). The molecule has 0 radical (unpaired) electrons. The van der Waals surface area contributed by atoms with Crippen LogP contribution in [-0.2, 0) is 21.2 Å². The largest absolute Gasteiger partial charge is 0.501 e. The SMILES string of the molecule is CCN(CC)c1cc(CN2C(=O)N(c3ccc(S(=O)(=O)C(F)(F)F)cc3)C(=O)C2(C)C)ccn1. The van der Waals surface area contributed by atoms with Crippen LogP contribution in [0.5, 0.6) is 0 Å². The van der Waals surface area contributed by atoms with Crippen LogP contribution in [0.4, 0.5) is 29.5 Å². The molecular formula is C22H25F3N4O4S. The Hall–Kier alpha value is -3.15. The molecule has 8 nitrogen and oxygen atoms in total. The van der Waals surface area contributed by atoms with E-state index in [0.717, 1.165) is 53.6 Å². The van der Waals surface area contributed by atoms with Crippen LogP contribution in [0.1, 0.15) is 33.3 Å². The fraction of sp³-hybridized carbons (Fsp3) is 0.409. The molecule has 2 heterocycles. The van der Waals surface area contributed by atoms with Crippen LogP contribution in [0.2, 0.25) is 0 Å². The molecule has 12 heteroatoms. The van der Waals surface area contributed by atoms with E-state index in [0.29, 0.717) is 0 Å². The molecule has 3 amide bonds. The van der Waals surface area contributed by atoms with Gasteiger partial charge in [-0.2, -0.15) is 13.2 Å². The zero-order chi connectivity index (χ0) is 25.5. The van der Waals surface area contributed by atoms with Crippen LogP contribution in [0.25, 0.3) is 0 Å². The molecule has 0 unspecified atom stereocenters. The predicted molar refractivity (Wildman–Crippen MR) is 120 cm³/mol. The van der Waals surface area contributed by atoms with Crippen molar-refractivity contribution < 1.29 is 31.2 Å². The van der Waals surface area contributed by atoms with Gasteiger partial charge in [0.2, 0.25) is 0 Å². The maximum atomic E-state index is 13.2. The van der Waals surface area contributed by atoms with Gasteiger partial charge in [0.05, 0.1) is 10.6 Å². The zero-order valence-electron chi connectivity index (χ0n) is 19.1. The number of nitrogens with zero attached hydrogens (tertiary/aromatic N) is 4. The molecule has 1 aliphatic rings.